The molecule has 0 fully saturated rings. The first kappa shape index (κ1) is 14.2. The molecule has 0 aliphatic rings. The molecule has 6 nitrogen and oxygen atoms in total. The van der Waals surface area contributed by atoms with E-state index in [1.54, 1.807) is 24.5 Å². The summed E-state index contributed by atoms with van der Waals surface area (Å²) in [5.41, 5.74) is 1.55. The van der Waals surface area contributed by atoms with E-state index in [4.69, 9.17) is 11.6 Å². The van der Waals surface area contributed by atoms with Gasteiger partial charge in [-0.2, -0.15) is 4.98 Å². The highest BCUT2D eigenvalue weighted by Gasteiger charge is 2.11. The van der Waals surface area contributed by atoms with E-state index in [-0.39, 0.29) is 18.3 Å². The first-order valence-electron chi connectivity index (χ1n) is 6.58. The number of hydrogen-bond acceptors (Lipinski definition) is 4. The van der Waals surface area contributed by atoms with Crippen molar-refractivity contribution < 1.29 is 4.79 Å². The van der Waals surface area contributed by atoms with Crippen LogP contribution in [0.2, 0.25) is 5.02 Å². The van der Waals surface area contributed by atoms with Crippen LogP contribution in [0.25, 0.3) is 11.4 Å². The molecule has 0 atom stereocenters. The van der Waals surface area contributed by atoms with Crippen molar-refractivity contribution in [3.63, 3.8) is 0 Å². The van der Waals surface area contributed by atoms with Crippen LogP contribution in [0, 0.1) is 0 Å². The number of rotatable bonds is 4. The van der Waals surface area contributed by atoms with Crippen LogP contribution in [-0.2, 0) is 11.2 Å². The number of nitrogens with zero attached hydrogens (tertiary/aromatic N) is 3. The lowest BCUT2D eigenvalue weighted by Gasteiger charge is -2.00. The predicted molar refractivity (Wildman–Crippen MR) is 83.4 cm³/mol. The van der Waals surface area contributed by atoms with Gasteiger partial charge in [0.15, 0.2) is 5.82 Å². The molecule has 0 unspecified atom stereocenters. The van der Waals surface area contributed by atoms with Crippen molar-refractivity contribution in [3.05, 3.63) is 59.4 Å². The van der Waals surface area contributed by atoms with Gasteiger partial charge in [0.2, 0.25) is 11.9 Å². The molecule has 2 heterocycles. The number of pyridine rings is 1. The average molecular weight is 314 g/mol. The predicted octanol–water partition coefficient (Wildman–Crippen LogP) is 2.70. The Hall–Kier alpha value is -2.73. The van der Waals surface area contributed by atoms with Crippen LogP contribution in [0.4, 0.5) is 5.95 Å². The van der Waals surface area contributed by atoms with E-state index in [2.05, 4.69) is 25.5 Å². The van der Waals surface area contributed by atoms with Gasteiger partial charge in [-0.1, -0.05) is 29.8 Å². The summed E-state index contributed by atoms with van der Waals surface area (Å²) in [6, 6.07) is 10.9. The van der Waals surface area contributed by atoms with Crippen molar-refractivity contribution in [2.45, 2.75) is 6.42 Å². The number of amides is 1. The van der Waals surface area contributed by atoms with Gasteiger partial charge in [-0.15, -0.1) is 5.10 Å². The summed E-state index contributed by atoms with van der Waals surface area (Å²) in [5.74, 6) is 0.504. The number of nitrogens with one attached hydrogen (secondary N) is 2. The molecule has 7 heteroatoms. The molecule has 0 spiro atoms. The Labute approximate surface area is 131 Å². The number of hydrogen-bond donors (Lipinski definition) is 2. The maximum atomic E-state index is 11.9. The molecule has 3 aromatic rings. The number of carbonyl (C=O) groups excluding carboxylic acids is 1. The number of aromatic amines is 1. The fourth-order valence-corrected chi connectivity index (χ4v) is 2.17. The molecule has 1 aromatic carbocycles. The molecule has 0 saturated carbocycles. The molecule has 110 valence electrons. The molecule has 0 aliphatic heterocycles. The molecule has 0 aliphatic carbocycles. The minimum absolute atomic E-state index is 0.210. The standard InChI is InChI=1S/C15H12ClN5O/c16-12-6-2-1-5-11(12)14-19-15(21-20-14)18-13(22)8-10-4-3-7-17-9-10/h1-7,9H,8H2,(H2,18,19,20,21,22). The average Bonchev–Trinajstić information content (AvgIpc) is 2.97. The van der Waals surface area contributed by atoms with Gasteiger partial charge in [-0.05, 0) is 23.8 Å². The zero-order valence-corrected chi connectivity index (χ0v) is 12.2. The van der Waals surface area contributed by atoms with Crippen molar-refractivity contribution in [1.82, 2.24) is 20.2 Å². The van der Waals surface area contributed by atoms with Gasteiger partial charge in [0.05, 0.1) is 11.4 Å². The Morgan fingerprint density at radius 2 is 2.09 bits per heavy atom. The molecule has 1 amide bonds. The number of anilines is 1. The van der Waals surface area contributed by atoms with Crippen LogP contribution in [0.1, 0.15) is 5.56 Å². The van der Waals surface area contributed by atoms with E-state index in [9.17, 15) is 4.79 Å². The van der Waals surface area contributed by atoms with Crippen LogP contribution in [0.5, 0.6) is 0 Å². The molecule has 0 saturated heterocycles. The second-order valence-corrected chi connectivity index (χ2v) is 4.98. The fraction of sp³-hybridized carbons (Fsp3) is 0.0667. The lowest BCUT2D eigenvalue weighted by Crippen LogP contribution is -2.15. The molecule has 2 N–H and O–H groups in total. The highest BCUT2D eigenvalue weighted by Crippen LogP contribution is 2.24. The minimum atomic E-state index is -0.210. The van der Waals surface area contributed by atoms with E-state index in [1.807, 2.05) is 24.3 Å². The monoisotopic (exact) mass is 313 g/mol. The number of benzene rings is 1. The van der Waals surface area contributed by atoms with E-state index in [0.29, 0.717) is 10.8 Å². The quantitative estimate of drug-likeness (QED) is 0.775. The summed E-state index contributed by atoms with van der Waals surface area (Å²) in [4.78, 5) is 20.1. The van der Waals surface area contributed by atoms with Gasteiger partial charge in [0.1, 0.15) is 0 Å². The van der Waals surface area contributed by atoms with Crippen LogP contribution in [0.3, 0.4) is 0 Å². The maximum absolute atomic E-state index is 11.9. The van der Waals surface area contributed by atoms with E-state index >= 15 is 0 Å². The van der Waals surface area contributed by atoms with Crippen molar-refractivity contribution in [3.8, 4) is 11.4 Å². The Kier molecular flexibility index (Phi) is 4.11. The fourth-order valence-electron chi connectivity index (χ4n) is 1.95. The molecule has 3 rings (SSSR count). The molecule has 0 bridgehead atoms. The van der Waals surface area contributed by atoms with E-state index in [1.165, 1.54) is 0 Å². The number of carbonyl (C=O) groups is 1. The lowest BCUT2D eigenvalue weighted by atomic mass is 10.2. The van der Waals surface area contributed by atoms with Crippen molar-refractivity contribution in [2.24, 2.45) is 0 Å². The largest absolute Gasteiger partial charge is 0.293 e. The second kappa shape index (κ2) is 6.36. The van der Waals surface area contributed by atoms with Gasteiger partial charge in [-0.25, -0.2) is 0 Å². The summed E-state index contributed by atoms with van der Waals surface area (Å²) in [6.07, 6.45) is 3.52. The molecule has 22 heavy (non-hydrogen) atoms. The highest BCUT2D eigenvalue weighted by atomic mass is 35.5. The SMILES string of the molecule is O=C(Cc1cccnc1)Nc1n[nH]c(-c2ccccc2Cl)n1. The Morgan fingerprint density at radius 1 is 1.23 bits per heavy atom. The normalized spacial score (nSPS) is 10.4. The third kappa shape index (κ3) is 3.29. The summed E-state index contributed by atoms with van der Waals surface area (Å²) >= 11 is 6.10. The second-order valence-electron chi connectivity index (χ2n) is 4.57. The molecule has 2 aromatic heterocycles. The summed E-state index contributed by atoms with van der Waals surface area (Å²) in [7, 11) is 0. The zero-order chi connectivity index (χ0) is 15.4. The smallest absolute Gasteiger partial charge is 0.249 e. The molecular weight excluding hydrogens is 302 g/mol. The Bertz CT molecular complexity index is 787. The first-order chi connectivity index (χ1) is 10.7. The maximum Gasteiger partial charge on any atom is 0.249 e. The van der Waals surface area contributed by atoms with Gasteiger partial charge in [0, 0.05) is 18.0 Å². The number of aromatic nitrogens is 4. The number of halogens is 1. The minimum Gasteiger partial charge on any atom is -0.293 e. The van der Waals surface area contributed by atoms with Gasteiger partial charge in [0.25, 0.3) is 0 Å². The van der Waals surface area contributed by atoms with Crippen LogP contribution < -0.4 is 5.32 Å². The Morgan fingerprint density at radius 3 is 2.86 bits per heavy atom. The summed E-state index contributed by atoms with van der Waals surface area (Å²) < 4.78 is 0. The highest BCUT2D eigenvalue weighted by molar-refractivity contribution is 6.33. The zero-order valence-electron chi connectivity index (χ0n) is 11.5. The topological polar surface area (TPSA) is 83.6 Å². The molecular formula is C15H12ClN5O. The first-order valence-corrected chi connectivity index (χ1v) is 6.96. The molecule has 0 radical (unpaired) electrons. The van der Waals surface area contributed by atoms with Crippen molar-refractivity contribution >= 4 is 23.5 Å². The van der Waals surface area contributed by atoms with Gasteiger partial charge in [-0.3, -0.25) is 20.2 Å². The van der Waals surface area contributed by atoms with E-state index in [0.717, 1.165) is 11.1 Å². The van der Waals surface area contributed by atoms with Crippen molar-refractivity contribution in [2.75, 3.05) is 5.32 Å². The van der Waals surface area contributed by atoms with Crippen LogP contribution in [-0.4, -0.2) is 26.1 Å². The van der Waals surface area contributed by atoms with Crippen LogP contribution in [0.15, 0.2) is 48.8 Å². The third-order valence-corrected chi connectivity index (χ3v) is 3.28. The summed E-state index contributed by atoms with van der Waals surface area (Å²) in [6.45, 7) is 0. The third-order valence-electron chi connectivity index (χ3n) is 2.95. The van der Waals surface area contributed by atoms with E-state index < -0.39 is 0 Å². The van der Waals surface area contributed by atoms with Crippen molar-refractivity contribution in [1.29, 1.82) is 0 Å². The summed E-state index contributed by atoms with van der Waals surface area (Å²) in [5, 5.41) is 9.93. The van der Waals surface area contributed by atoms with Gasteiger partial charge < -0.3 is 0 Å². The van der Waals surface area contributed by atoms with Gasteiger partial charge >= 0.3 is 0 Å². The Balaban J connectivity index is 1.70. The lowest BCUT2D eigenvalue weighted by molar-refractivity contribution is -0.115. The number of H-pyrrole nitrogens is 1. The van der Waals surface area contributed by atoms with Crippen LogP contribution >= 0.6 is 11.6 Å².